The molecule has 0 aromatic carbocycles. The topological polar surface area (TPSA) is 67.1 Å². The number of guanidine groups is 1. The van der Waals surface area contributed by atoms with Gasteiger partial charge in [0, 0.05) is 19.6 Å². The van der Waals surface area contributed by atoms with E-state index in [0.717, 1.165) is 24.2 Å². The van der Waals surface area contributed by atoms with Gasteiger partial charge in [-0.15, -0.1) is 10.2 Å². The van der Waals surface area contributed by atoms with Gasteiger partial charge < -0.3 is 15.2 Å². The van der Waals surface area contributed by atoms with Crippen molar-refractivity contribution >= 4 is 5.96 Å². The van der Waals surface area contributed by atoms with Crippen LogP contribution in [-0.2, 0) is 13.6 Å². The molecule has 0 atom stereocenters. The standard InChI is InChI=1S/C20H38N6/c1-4-5-6-7-8-9-12-15-21-20(23-18-13-10-11-14-18)22-16-19-25-24-17(2)26(19)3/h18H,4-16H2,1-3H3,(H2,21,22,23). The minimum absolute atomic E-state index is 0.566. The fourth-order valence-electron chi connectivity index (χ4n) is 3.44. The molecule has 148 valence electrons. The molecule has 0 spiro atoms. The number of aliphatic imine (C=N–C) groups is 1. The Morgan fingerprint density at radius 3 is 2.42 bits per heavy atom. The van der Waals surface area contributed by atoms with Crippen molar-refractivity contribution in [2.24, 2.45) is 12.0 Å². The Hall–Kier alpha value is -1.59. The van der Waals surface area contributed by atoms with Crippen LogP contribution in [0, 0.1) is 6.92 Å². The number of aryl methyl sites for hydroxylation is 1. The predicted molar refractivity (Wildman–Crippen MR) is 108 cm³/mol. The van der Waals surface area contributed by atoms with E-state index >= 15 is 0 Å². The summed E-state index contributed by atoms with van der Waals surface area (Å²) in [6, 6.07) is 0.566. The van der Waals surface area contributed by atoms with Gasteiger partial charge in [0.15, 0.2) is 11.8 Å². The van der Waals surface area contributed by atoms with Gasteiger partial charge in [0.25, 0.3) is 0 Å². The lowest BCUT2D eigenvalue weighted by Crippen LogP contribution is -2.42. The van der Waals surface area contributed by atoms with Crippen LogP contribution in [0.25, 0.3) is 0 Å². The molecular formula is C20H38N6. The second-order valence-electron chi connectivity index (χ2n) is 7.56. The van der Waals surface area contributed by atoms with Gasteiger partial charge in [0.05, 0.1) is 0 Å². The third-order valence-electron chi connectivity index (χ3n) is 5.33. The lowest BCUT2D eigenvalue weighted by atomic mass is 10.1. The zero-order valence-electron chi connectivity index (χ0n) is 17.1. The van der Waals surface area contributed by atoms with Gasteiger partial charge in [-0.1, -0.05) is 58.3 Å². The first-order chi connectivity index (χ1) is 12.7. The van der Waals surface area contributed by atoms with Crippen molar-refractivity contribution in [1.29, 1.82) is 0 Å². The summed E-state index contributed by atoms with van der Waals surface area (Å²) in [6.07, 6.45) is 14.5. The largest absolute Gasteiger partial charge is 0.356 e. The molecule has 1 aliphatic carbocycles. The SMILES string of the molecule is CCCCCCCCCNC(=NCc1nnc(C)n1C)NC1CCCC1. The van der Waals surface area contributed by atoms with Gasteiger partial charge in [-0.05, 0) is 26.2 Å². The Labute approximate surface area is 159 Å². The number of aromatic nitrogens is 3. The molecule has 1 aliphatic rings. The van der Waals surface area contributed by atoms with Crippen molar-refractivity contribution in [1.82, 2.24) is 25.4 Å². The van der Waals surface area contributed by atoms with E-state index in [1.807, 2.05) is 18.5 Å². The minimum Gasteiger partial charge on any atom is -0.356 e. The van der Waals surface area contributed by atoms with Gasteiger partial charge in [-0.2, -0.15) is 0 Å². The molecule has 6 nitrogen and oxygen atoms in total. The molecule has 1 fully saturated rings. The minimum atomic E-state index is 0.566. The highest BCUT2D eigenvalue weighted by molar-refractivity contribution is 5.80. The molecule has 0 saturated heterocycles. The first kappa shape index (κ1) is 20.7. The number of nitrogens with zero attached hydrogens (tertiary/aromatic N) is 4. The Kier molecular flexibility index (Phi) is 9.50. The molecule has 2 rings (SSSR count). The summed E-state index contributed by atoms with van der Waals surface area (Å²) < 4.78 is 2.01. The van der Waals surface area contributed by atoms with E-state index < -0.39 is 0 Å². The molecule has 0 aliphatic heterocycles. The molecule has 0 unspecified atom stereocenters. The molecule has 26 heavy (non-hydrogen) atoms. The van der Waals surface area contributed by atoms with Crippen molar-refractivity contribution in [3.8, 4) is 0 Å². The Bertz CT molecular complexity index is 530. The second kappa shape index (κ2) is 11.9. The van der Waals surface area contributed by atoms with Crippen molar-refractivity contribution in [2.75, 3.05) is 6.54 Å². The lowest BCUT2D eigenvalue weighted by molar-refractivity contribution is 0.575. The summed E-state index contributed by atoms with van der Waals surface area (Å²) in [7, 11) is 2.00. The lowest BCUT2D eigenvalue weighted by Gasteiger charge is -2.17. The first-order valence-electron chi connectivity index (χ1n) is 10.6. The summed E-state index contributed by atoms with van der Waals surface area (Å²) in [5, 5.41) is 15.5. The molecule has 1 saturated carbocycles. The third kappa shape index (κ3) is 7.34. The van der Waals surface area contributed by atoms with Crippen molar-refractivity contribution in [3.05, 3.63) is 11.6 Å². The molecule has 1 aromatic heterocycles. The number of unbranched alkanes of at least 4 members (excludes halogenated alkanes) is 6. The zero-order chi connectivity index (χ0) is 18.6. The predicted octanol–water partition coefficient (Wildman–Crippen LogP) is 3.85. The summed E-state index contributed by atoms with van der Waals surface area (Å²) in [4.78, 5) is 4.76. The van der Waals surface area contributed by atoms with Gasteiger partial charge in [0.1, 0.15) is 12.4 Å². The van der Waals surface area contributed by atoms with Crippen LogP contribution < -0.4 is 10.6 Å². The molecule has 0 amide bonds. The Morgan fingerprint density at radius 2 is 1.77 bits per heavy atom. The maximum Gasteiger partial charge on any atom is 0.191 e. The van der Waals surface area contributed by atoms with Crippen LogP contribution in [-0.4, -0.2) is 33.3 Å². The van der Waals surface area contributed by atoms with E-state index in [2.05, 4.69) is 27.8 Å². The molecule has 0 radical (unpaired) electrons. The highest BCUT2D eigenvalue weighted by Crippen LogP contribution is 2.17. The van der Waals surface area contributed by atoms with E-state index in [1.165, 1.54) is 70.6 Å². The molecular weight excluding hydrogens is 324 g/mol. The summed E-state index contributed by atoms with van der Waals surface area (Å²) in [5.41, 5.74) is 0. The van der Waals surface area contributed by atoms with Gasteiger partial charge in [0.2, 0.25) is 0 Å². The van der Waals surface area contributed by atoms with E-state index in [9.17, 15) is 0 Å². The van der Waals surface area contributed by atoms with Crippen LogP contribution >= 0.6 is 0 Å². The van der Waals surface area contributed by atoms with Crippen LogP contribution in [0.5, 0.6) is 0 Å². The summed E-state index contributed by atoms with van der Waals surface area (Å²) >= 11 is 0. The molecule has 1 aromatic rings. The van der Waals surface area contributed by atoms with Crippen LogP contribution in [0.2, 0.25) is 0 Å². The van der Waals surface area contributed by atoms with Crippen LogP contribution in [0.4, 0.5) is 0 Å². The highest BCUT2D eigenvalue weighted by Gasteiger charge is 2.16. The molecule has 1 heterocycles. The zero-order valence-corrected chi connectivity index (χ0v) is 17.1. The highest BCUT2D eigenvalue weighted by atomic mass is 15.3. The molecule has 6 heteroatoms. The maximum absolute atomic E-state index is 4.76. The van der Waals surface area contributed by atoms with E-state index in [-0.39, 0.29) is 0 Å². The molecule has 0 bridgehead atoms. The fraction of sp³-hybridized carbons (Fsp3) is 0.850. The number of nitrogens with one attached hydrogen (secondary N) is 2. The maximum atomic E-state index is 4.76. The van der Waals surface area contributed by atoms with Gasteiger partial charge in [-0.3, -0.25) is 0 Å². The van der Waals surface area contributed by atoms with Crippen molar-refractivity contribution < 1.29 is 0 Å². The number of hydrogen-bond acceptors (Lipinski definition) is 3. The van der Waals surface area contributed by atoms with Gasteiger partial charge in [-0.25, -0.2) is 4.99 Å². The summed E-state index contributed by atoms with van der Waals surface area (Å²) in [5.74, 6) is 2.77. The first-order valence-corrected chi connectivity index (χ1v) is 10.6. The van der Waals surface area contributed by atoms with E-state index in [0.29, 0.717) is 12.6 Å². The summed E-state index contributed by atoms with van der Waals surface area (Å²) in [6.45, 7) is 5.79. The quantitative estimate of drug-likeness (QED) is 0.356. The van der Waals surface area contributed by atoms with Crippen LogP contribution in [0.1, 0.15) is 89.2 Å². The third-order valence-corrected chi connectivity index (χ3v) is 5.33. The molecule has 2 N–H and O–H groups in total. The fourth-order valence-corrected chi connectivity index (χ4v) is 3.44. The normalized spacial score (nSPS) is 15.6. The van der Waals surface area contributed by atoms with Gasteiger partial charge >= 0.3 is 0 Å². The van der Waals surface area contributed by atoms with Crippen LogP contribution in [0.3, 0.4) is 0 Å². The smallest absolute Gasteiger partial charge is 0.191 e. The Balaban J connectivity index is 1.75. The van der Waals surface area contributed by atoms with E-state index in [1.54, 1.807) is 0 Å². The average Bonchev–Trinajstić information content (AvgIpc) is 3.26. The van der Waals surface area contributed by atoms with Crippen molar-refractivity contribution in [3.63, 3.8) is 0 Å². The van der Waals surface area contributed by atoms with Crippen molar-refractivity contribution in [2.45, 2.75) is 97.1 Å². The average molecular weight is 363 g/mol. The Morgan fingerprint density at radius 1 is 1.08 bits per heavy atom. The second-order valence-corrected chi connectivity index (χ2v) is 7.56. The number of rotatable bonds is 11. The van der Waals surface area contributed by atoms with E-state index in [4.69, 9.17) is 4.99 Å². The van der Waals surface area contributed by atoms with Crippen LogP contribution in [0.15, 0.2) is 4.99 Å². The number of hydrogen-bond donors (Lipinski definition) is 2. The monoisotopic (exact) mass is 362 g/mol.